The van der Waals surface area contributed by atoms with E-state index in [-0.39, 0.29) is 17.9 Å². The molecule has 6 heteroatoms. The first-order valence-electron chi connectivity index (χ1n) is 9.49. The van der Waals surface area contributed by atoms with Crippen molar-refractivity contribution >= 4 is 17.0 Å². The van der Waals surface area contributed by atoms with Crippen LogP contribution in [0.15, 0.2) is 83.8 Å². The number of ether oxygens (including phenoxy) is 2. The van der Waals surface area contributed by atoms with E-state index in [2.05, 4.69) is 4.98 Å². The maximum absolute atomic E-state index is 13.4. The maximum Gasteiger partial charge on any atom is 0.347 e. The van der Waals surface area contributed by atoms with E-state index in [1.807, 2.05) is 60.7 Å². The summed E-state index contributed by atoms with van der Waals surface area (Å²) in [5.74, 6) is -0.618. The number of benzene rings is 2. The van der Waals surface area contributed by atoms with Crippen molar-refractivity contribution in [2.45, 2.75) is 13.2 Å². The highest BCUT2D eigenvalue weighted by Crippen LogP contribution is 2.27. The molecule has 2 heterocycles. The zero-order chi connectivity index (χ0) is 20.9. The fourth-order valence-electron chi connectivity index (χ4n) is 3.32. The van der Waals surface area contributed by atoms with Crippen molar-refractivity contribution in [2.75, 3.05) is 7.11 Å². The SMILES string of the molecule is COC(=O)c1c(OCc2ccccc2)c2ncccc2n(Cc2ccccc2)c1=O. The number of rotatable bonds is 6. The number of hydrogen-bond donors (Lipinski definition) is 0. The minimum Gasteiger partial charge on any atom is -0.485 e. The van der Waals surface area contributed by atoms with Crippen LogP contribution >= 0.6 is 0 Å². The Hall–Kier alpha value is -3.93. The molecule has 0 aliphatic carbocycles. The van der Waals surface area contributed by atoms with Gasteiger partial charge in [0.15, 0.2) is 11.3 Å². The number of aromatic nitrogens is 2. The molecule has 2 aromatic carbocycles. The zero-order valence-electron chi connectivity index (χ0n) is 16.4. The van der Waals surface area contributed by atoms with Gasteiger partial charge in [0, 0.05) is 6.20 Å². The van der Waals surface area contributed by atoms with Gasteiger partial charge in [-0.3, -0.25) is 9.78 Å². The van der Waals surface area contributed by atoms with Crippen LogP contribution in [0.25, 0.3) is 11.0 Å². The summed E-state index contributed by atoms with van der Waals surface area (Å²) in [6, 6.07) is 22.6. The summed E-state index contributed by atoms with van der Waals surface area (Å²) in [6.07, 6.45) is 1.61. The highest BCUT2D eigenvalue weighted by molar-refractivity contribution is 5.98. The number of carbonyl (C=O) groups is 1. The summed E-state index contributed by atoms with van der Waals surface area (Å²) < 4.78 is 12.4. The number of pyridine rings is 2. The molecule has 4 aromatic rings. The van der Waals surface area contributed by atoms with Crippen molar-refractivity contribution in [3.05, 3.63) is 106 Å². The van der Waals surface area contributed by atoms with E-state index in [0.29, 0.717) is 17.6 Å². The molecular weight excluding hydrogens is 380 g/mol. The minimum atomic E-state index is -0.752. The first-order chi connectivity index (χ1) is 14.7. The standard InChI is InChI=1S/C24H20N2O4/c1-29-24(28)20-22(30-16-18-11-6-3-7-12-18)21-19(13-8-14-25-21)26(23(20)27)15-17-9-4-2-5-10-17/h2-14H,15-16H2,1H3. The molecule has 0 radical (unpaired) electrons. The molecule has 4 rings (SSSR count). The molecule has 0 amide bonds. The molecule has 0 atom stereocenters. The summed E-state index contributed by atoms with van der Waals surface area (Å²) in [5.41, 5.74) is 2.22. The second-order valence-electron chi connectivity index (χ2n) is 6.72. The first-order valence-corrected chi connectivity index (χ1v) is 9.49. The second kappa shape index (κ2) is 8.61. The van der Waals surface area contributed by atoms with Gasteiger partial charge in [-0.25, -0.2) is 4.79 Å². The third-order valence-electron chi connectivity index (χ3n) is 4.78. The topological polar surface area (TPSA) is 70.4 Å². The Morgan fingerprint density at radius 1 is 0.933 bits per heavy atom. The van der Waals surface area contributed by atoms with E-state index in [4.69, 9.17) is 9.47 Å². The largest absolute Gasteiger partial charge is 0.485 e. The third kappa shape index (κ3) is 3.80. The monoisotopic (exact) mass is 400 g/mol. The molecule has 0 aliphatic heterocycles. The molecule has 6 nitrogen and oxygen atoms in total. The second-order valence-corrected chi connectivity index (χ2v) is 6.72. The van der Waals surface area contributed by atoms with Crippen molar-refractivity contribution in [1.29, 1.82) is 0 Å². The van der Waals surface area contributed by atoms with Gasteiger partial charge in [-0.15, -0.1) is 0 Å². The number of carbonyl (C=O) groups excluding carboxylic acids is 1. The van der Waals surface area contributed by atoms with Crippen molar-refractivity contribution in [1.82, 2.24) is 9.55 Å². The highest BCUT2D eigenvalue weighted by atomic mass is 16.5. The van der Waals surface area contributed by atoms with Crippen LogP contribution in [0.1, 0.15) is 21.5 Å². The van der Waals surface area contributed by atoms with Crippen LogP contribution in [0.5, 0.6) is 5.75 Å². The van der Waals surface area contributed by atoms with Crippen molar-refractivity contribution < 1.29 is 14.3 Å². The summed E-state index contributed by atoms with van der Waals surface area (Å²) in [6.45, 7) is 0.490. The van der Waals surface area contributed by atoms with Gasteiger partial charge in [0.25, 0.3) is 5.56 Å². The Balaban J connectivity index is 1.89. The predicted molar refractivity (Wildman–Crippen MR) is 114 cm³/mol. The molecule has 0 unspecified atom stereocenters. The number of esters is 1. The van der Waals surface area contributed by atoms with Gasteiger partial charge in [0.2, 0.25) is 0 Å². The number of hydrogen-bond acceptors (Lipinski definition) is 5. The fourth-order valence-corrected chi connectivity index (χ4v) is 3.32. The van der Waals surface area contributed by atoms with Gasteiger partial charge in [-0.2, -0.15) is 0 Å². The average Bonchev–Trinajstić information content (AvgIpc) is 2.80. The minimum absolute atomic E-state index is 0.135. The number of fused-ring (bicyclic) bond motifs is 1. The van der Waals surface area contributed by atoms with E-state index in [9.17, 15) is 9.59 Å². The Morgan fingerprint density at radius 3 is 2.27 bits per heavy atom. The van der Waals surface area contributed by atoms with Crippen molar-refractivity contribution in [3.63, 3.8) is 0 Å². The molecule has 30 heavy (non-hydrogen) atoms. The molecule has 0 fully saturated rings. The van der Waals surface area contributed by atoms with Gasteiger partial charge in [0.1, 0.15) is 12.1 Å². The van der Waals surface area contributed by atoms with Crippen molar-refractivity contribution in [3.8, 4) is 5.75 Å². The molecule has 2 aromatic heterocycles. The Kier molecular flexibility index (Phi) is 5.57. The van der Waals surface area contributed by atoms with E-state index in [1.54, 1.807) is 18.3 Å². The average molecular weight is 400 g/mol. The van der Waals surface area contributed by atoms with Crippen LogP contribution in [0.2, 0.25) is 0 Å². The first kappa shape index (κ1) is 19.4. The van der Waals surface area contributed by atoms with E-state index in [1.165, 1.54) is 11.7 Å². The molecule has 0 N–H and O–H groups in total. The number of methoxy groups -OCH3 is 1. The van der Waals surface area contributed by atoms with Crippen LogP contribution in [0.3, 0.4) is 0 Å². The molecule has 0 saturated carbocycles. The summed E-state index contributed by atoms with van der Waals surface area (Å²) >= 11 is 0. The van der Waals surface area contributed by atoms with Crippen LogP contribution in [0, 0.1) is 0 Å². The predicted octanol–water partition coefficient (Wildman–Crippen LogP) is 3.81. The summed E-state index contributed by atoms with van der Waals surface area (Å²) in [5, 5.41) is 0. The summed E-state index contributed by atoms with van der Waals surface area (Å²) in [4.78, 5) is 30.4. The lowest BCUT2D eigenvalue weighted by Crippen LogP contribution is -2.29. The van der Waals surface area contributed by atoms with Crippen LogP contribution in [0.4, 0.5) is 0 Å². The lowest BCUT2D eigenvalue weighted by atomic mass is 10.1. The van der Waals surface area contributed by atoms with Crippen LogP contribution in [-0.4, -0.2) is 22.6 Å². The third-order valence-corrected chi connectivity index (χ3v) is 4.78. The van der Waals surface area contributed by atoms with Gasteiger partial charge < -0.3 is 14.0 Å². The number of nitrogens with zero attached hydrogens (tertiary/aromatic N) is 2. The van der Waals surface area contributed by atoms with Gasteiger partial charge >= 0.3 is 5.97 Å². The lowest BCUT2D eigenvalue weighted by Gasteiger charge is -2.17. The molecule has 0 spiro atoms. The maximum atomic E-state index is 13.4. The van der Waals surface area contributed by atoms with E-state index in [0.717, 1.165) is 11.1 Å². The smallest absolute Gasteiger partial charge is 0.347 e. The molecule has 150 valence electrons. The molecule has 0 saturated heterocycles. The molecule has 0 bridgehead atoms. The molecule has 0 aliphatic rings. The quantitative estimate of drug-likeness (QED) is 0.460. The zero-order valence-corrected chi connectivity index (χ0v) is 16.4. The Bertz CT molecular complexity index is 1230. The lowest BCUT2D eigenvalue weighted by molar-refractivity contribution is 0.0593. The molecular formula is C24H20N2O4. The Labute approximate surface area is 173 Å². The van der Waals surface area contributed by atoms with E-state index >= 15 is 0 Å². The highest BCUT2D eigenvalue weighted by Gasteiger charge is 2.25. The van der Waals surface area contributed by atoms with Crippen LogP contribution < -0.4 is 10.3 Å². The Morgan fingerprint density at radius 2 is 1.60 bits per heavy atom. The van der Waals surface area contributed by atoms with E-state index < -0.39 is 11.5 Å². The van der Waals surface area contributed by atoms with Gasteiger partial charge in [-0.1, -0.05) is 60.7 Å². The van der Waals surface area contributed by atoms with Crippen LogP contribution in [-0.2, 0) is 17.9 Å². The summed E-state index contributed by atoms with van der Waals surface area (Å²) in [7, 11) is 1.24. The van der Waals surface area contributed by atoms with Gasteiger partial charge in [0.05, 0.1) is 19.2 Å². The van der Waals surface area contributed by atoms with Gasteiger partial charge in [-0.05, 0) is 23.3 Å². The normalized spacial score (nSPS) is 10.7. The fraction of sp³-hybridized carbons (Fsp3) is 0.125. The van der Waals surface area contributed by atoms with Crippen molar-refractivity contribution in [2.24, 2.45) is 0 Å².